The SMILES string of the molecule is C[C@H]1[CH-]CCC1.FB(F)F.[K+]. The van der Waals surface area contributed by atoms with E-state index in [4.69, 9.17) is 0 Å². The third-order valence-corrected chi connectivity index (χ3v) is 1.43. The molecule has 0 aliphatic heterocycles. The summed E-state index contributed by atoms with van der Waals surface area (Å²) in [6.07, 6.45) is 6.63. The molecule has 1 rings (SSSR count). The summed E-state index contributed by atoms with van der Waals surface area (Å²) in [5.41, 5.74) is 0. The molecule has 0 heterocycles. The summed E-state index contributed by atoms with van der Waals surface area (Å²) in [5, 5.41) is 0. The summed E-state index contributed by atoms with van der Waals surface area (Å²) in [5.74, 6) is 0.921. The van der Waals surface area contributed by atoms with Crippen molar-refractivity contribution < 1.29 is 64.3 Å². The maximum Gasteiger partial charge on any atom is 1.00 e. The van der Waals surface area contributed by atoms with Gasteiger partial charge in [-0.3, -0.25) is 12.9 Å². The summed E-state index contributed by atoms with van der Waals surface area (Å²) in [6, 6.07) is 0. The van der Waals surface area contributed by atoms with Gasteiger partial charge in [-0.25, -0.2) is 0 Å². The van der Waals surface area contributed by atoms with Gasteiger partial charge in [0.15, 0.2) is 0 Å². The van der Waals surface area contributed by atoms with Gasteiger partial charge in [-0.15, -0.1) is 0 Å². The van der Waals surface area contributed by atoms with E-state index in [1.807, 2.05) is 0 Å². The van der Waals surface area contributed by atoms with E-state index in [1.165, 1.54) is 19.3 Å². The summed E-state index contributed by atoms with van der Waals surface area (Å²) in [7, 11) is -3.67. The molecule has 1 atom stereocenters. The van der Waals surface area contributed by atoms with Crippen molar-refractivity contribution in [1.29, 1.82) is 0 Å². The Bertz CT molecular complexity index is 73.5. The van der Waals surface area contributed by atoms with E-state index < -0.39 is 7.54 Å². The molecule has 5 heteroatoms. The minimum Gasteiger partial charge on any atom is -0.326 e. The van der Waals surface area contributed by atoms with E-state index in [2.05, 4.69) is 13.3 Å². The first kappa shape index (κ1) is 15.0. The standard InChI is InChI=1S/C6H11.BF3.K/c1-6-4-2-3-5-6;2-1(3)4;/h4,6H,2-3,5H2,1H3;;/q-1;;+1/t6-;;/m0../s1. The molecule has 1 fully saturated rings. The van der Waals surface area contributed by atoms with Crippen LogP contribution in [0, 0.1) is 12.3 Å². The third kappa shape index (κ3) is 14.4. The molecule has 0 aromatic heterocycles. The molecule has 1 aliphatic carbocycles. The quantitative estimate of drug-likeness (QED) is 0.369. The van der Waals surface area contributed by atoms with Crippen LogP contribution in [0.15, 0.2) is 0 Å². The van der Waals surface area contributed by atoms with Crippen LogP contribution < -0.4 is 51.4 Å². The topological polar surface area (TPSA) is 0 Å². The molecule has 0 spiro atoms. The second-order valence-corrected chi connectivity index (χ2v) is 2.39. The predicted molar refractivity (Wildman–Crippen MR) is 36.4 cm³/mol. The van der Waals surface area contributed by atoms with Crippen LogP contribution in [-0.4, -0.2) is 7.54 Å². The molecule has 0 saturated heterocycles. The second-order valence-electron chi connectivity index (χ2n) is 2.39. The van der Waals surface area contributed by atoms with Crippen LogP contribution >= 0.6 is 0 Å². The third-order valence-electron chi connectivity index (χ3n) is 1.43. The van der Waals surface area contributed by atoms with Crippen LogP contribution in [0.2, 0.25) is 0 Å². The Hall–Kier alpha value is 1.49. The van der Waals surface area contributed by atoms with Crippen molar-refractivity contribution in [3.05, 3.63) is 6.42 Å². The number of halogens is 3. The van der Waals surface area contributed by atoms with Gasteiger partial charge in [-0.2, -0.15) is 12.3 Å². The van der Waals surface area contributed by atoms with E-state index >= 15 is 0 Å². The van der Waals surface area contributed by atoms with Gasteiger partial charge < -0.3 is 6.42 Å². The minimum absolute atomic E-state index is 0. The van der Waals surface area contributed by atoms with E-state index in [9.17, 15) is 12.9 Å². The molecule has 0 aromatic rings. The summed E-state index contributed by atoms with van der Waals surface area (Å²) in [4.78, 5) is 0. The molecule has 0 bridgehead atoms. The Balaban J connectivity index is 0. The zero-order valence-electron chi connectivity index (χ0n) is 6.99. The summed E-state index contributed by atoms with van der Waals surface area (Å²) in [6.45, 7) is 2.28. The Kier molecular flexibility index (Phi) is 13.0. The van der Waals surface area contributed by atoms with Crippen molar-refractivity contribution in [2.24, 2.45) is 5.92 Å². The van der Waals surface area contributed by atoms with Gasteiger partial charge in [0.25, 0.3) is 0 Å². The minimum atomic E-state index is -3.67. The van der Waals surface area contributed by atoms with Crippen LogP contribution in [0.1, 0.15) is 26.2 Å². The Morgan fingerprint density at radius 1 is 1.36 bits per heavy atom. The van der Waals surface area contributed by atoms with Gasteiger partial charge >= 0.3 is 58.9 Å². The fraction of sp³-hybridized carbons (Fsp3) is 0.833. The molecule has 1 saturated carbocycles. The molecular formula is C6H11BF3K. The maximum absolute atomic E-state index is 9.67. The largest absolute Gasteiger partial charge is 1.00 e. The molecule has 0 amide bonds. The maximum atomic E-state index is 9.67. The van der Waals surface area contributed by atoms with Crippen LogP contribution in [0.5, 0.6) is 0 Å². The first-order valence-electron chi connectivity index (χ1n) is 3.38. The Morgan fingerprint density at radius 2 is 1.82 bits per heavy atom. The van der Waals surface area contributed by atoms with E-state index in [-0.39, 0.29) is 51.4 Å². The first-order chi connectivity index (χ1) is 4.63. The van der Waals surface area contributed by atoms with Crippen molar-refractivity contribution >= 4 is 7.54 Å². The molecule has 0 unspecified atom stereocenters. The normalized spacial score (nSPS) is 21.3. The van der Waals surface area contributed by atoms with Gasteiger partial charge in [0.2, 0.25) is 0 Å². The second kappa shape index (κ2) is 9.58. The zero-order chi connectivity index (χ0) is 7.98. The smallest absolute Gasteiger partial charge is 0.326 e. The average molecular weight is 190 g/mol. The summed E-state index contributed by atoms with van der Waals surface area (Å²) >= 11 is 0. The van der Waals surface area contributed by atoms with Crippen molar-refractivity contribution in [1.82, 2.24) is 0 Å². The van der Waals surface area contributed by atoms with Crippen molar-refractivity contribution in [2.75, 3.05) is 0 Å². The number of rotatable bonds is 0. The first-order valence-corrected chi connectivity index (χ1v) is 3.38. The van der Waals surface area contributed by atoms with Crippen molar-refractivity contribution in [3.8, 4) is 0 Å². The molecule has 1 aliphatic rings. The molecule has 0 radical (unpaired) electrons. The van der Waals surface area contributed by atoms with Gasteiger partial charge in [0.05, 0.1) is 0 Å². The number of hydrogen-bond acceptors (Lipinski definition) is 0. The summed E-state index contributed by atoms with van der Waals surface area (Å²) < 4.78 is 29.0. The molecule has 0 aromatic carbocycles. The molecule has 60 valence electrons. The molecule has 11 heavy (non-hydrogen) atoms. The molecule has 0 N–H and O–H groups in total. The van der Waals surface area contributed by atoms with Crippen LogP contribution in [0.3, 0.4) is 0 Å². The number of hydrogen-bond donors (Lipinski definition) is 0. The Morgan fingerprint density at radius 3 is 1.91 bits per heavy atom. The predicted octanol–water partition coefficient (Wildman–Crippen LogP) is -0.106. The molecule has 0 nitrogen and oxygen atoms in total. The van der Waals surface area contributed by atoms with Crippen LogP contribution in [0.25, 0.3) is 0 Å². The monoisotopic (exact) mass is 190 g/mol. The van der Waals surface area contributed by atoms with Crippen LogP contribution in [0.4, 0.5) is 12.9 Å². The van der Waals surface area contributed by atoms with Gasteiger partial charge in [0.1, 0.15) is 0 Å². The molecular weight excluding hydrogens is 179 g/mol. The fourth-order valence-corrected chi connectivity index (χ4v) is 0.960. The van der Waals surface area contributed by atoms with Crippen molar-refractivity contribution in [3.63, 3.8) is 0 Å². The fourth-order valence-electron chi connectivity index (χ4n) is 0.960. The Labute approximate surface area is 109 Å². The van der Waals surface area contributed by atoms with Gasteiger partial charge in [-0.1, -0.05) is 19.8 Å². The van der Waals surface area contributed by atoms with Crippen molar-refractivity contribution in [2.45, 2.75) is 26.2 Å². The average Bonchev–Trinajstić information content (AvgIpc) is 2.15. The van der Waals surface area contributed by atoms with E-state index in [1.54, 1.807) is 0 Å². The zero-order valence-corrected chi connectivity index (χ0v) is 10.1. The van der Waals surface area contributed by atoms with Crippen LogP contribution in [-0.2, 0) is 0 Å². The van der Waals surface area contributed by atoms with Gasteiger partial charge in [0, 0.05) is 0 Å². The van der Waals surface area contributed by atoms with Gasteiger partial charge in [-0.05, 0) is 0 Å². The van der Waals surface area contributed by atoms with E-state index in [0.717, 1.165) is 5.92 Å². The van der Waals surface area contributed by atoms with E-state index in [0.29, 0.717) is 0 Å².